The van der Waals surface area contributed by atoms with Crippen molar-refractivity contribution in [1.29, 1.82) is 0 Å². The molecular weight excluding hydrogens is 178 g/mol. The summed E-state index contributed by atoms with van der Waals surface area (Å²) in [6.07, 6.45) is 6.17. The van der Waals surface area contributed by atoms with Gasteiger partial charge < -0.3 is 0 Å². The summed E-state index contributed by atoms with van der Waals surface area (Å²) in [5, 5.41) is 0. The maximum absolute atomic E-state index is 11.6. The first kappa shape index (κ1) is 7.62. The van der Waals surface area contributed by atoms with E-state index in [1.54, 1.807) is 0 Å². The van der Waals surface area contributed by atoms with Crippen molar-refractivity contribution in [3.8, 4) is 0 Å². The zero-order chi connectivity index (χ0) is 9.71. The summed E-state index contributed by atoms with van der Waals surface area (Å²) in [5.74, 6) is 0.0455. The lowest BCUT2D eigenvalue weighted by atomic mass is 9.89. The molecule has 0 spiro atoms. The van der Waals surface area contributed by atoms with E-state index in [0.717, 1.165) is 11.3 Å². The van der Waals surface area contributed by atoms with E-state index in [4.69, 9.17) is 0 Å². The molecule has 0 amide bonds. The quantitative estimate of drug-likeness (QED) is 0.567. The first-order chi connectivity index (χ1) is 6.77. The van der Waals surface area contributed by atoms with Crippen LogP contribution in [0.25, 0.3) is 0 Å². The van der Waals surface area contributed by atoms with Crippen molar-refractivity contribution in [1.82, 2.24) is 0 Å². The minimum atomic E-state index is -0.00389. The molecule has 1 saturated carbocycles. The molecule has 3 heteroatoms. The van der Waals surface area contributed by atoms with Crippen molar-refractivity contribution in [2.75, 3.05) is 0 Å². The van der Waals surface area contributed by atoms with Crippen LogP contribution in [0.1, 0.15) is 12.8 Å². The number of rotatable bonds is 0. The Bertz CT molecular complexity index is 489. The van der Waals surface area contributed by atoms with Gasteiger partial charge in [0, 0.05) is 18.4 Å². The van der Waals surface area contributed by atoms with Crippen molar-refractivity contribution < 1.29 is 9.59 Å². The second kappa shape index (κ2) is 2.38. The first-order valence-corrected chi connectivity index (χ1v) is 4.56. The summed E-state index contributed by atoms with van der Waals surface area (Å²) in [4.78, 5) is 27.3. The third kappa shape index (κ3) is 0.789. The number of aliphatic imine (C=N–C) groups is 1. The Kier molecular flexibility index (Phi) is 1.29. The predicted molar refractivity (Wildman–Crippen MR) is 50.9 cm³/mol. The fraction of sp³-hybridized carbons (Fsp3) is 0.182. The molecular formula is C11H7NO2. The monoisotopic (exact) mass is 185 g/mol. The van der Waals surface area contributed by atoms with Gasteiger partial charge in [0.1, 0.15) is 5.71 Å². The Balaban J connectivity index is 2.25. The molecule has 1 fully saturated rings. The lowest BCUT2D eigenvalue weighted by Gasteiger charge is -2.11. The molecule has 1 aliphatic heterocycles. The van der Waals surface area contributed by atoms with Gasteiger partial charge in [-0.2, -0.15) is 0 Å². The van der Waals surface area contributed by atoms with Crippen molar-refractivity contribution in [2.45, 2.75) is 12.8 Å². The predicted octanol–water partition coefficient (Wildman–Crippen LogP) is 1.12. The zero-order valence-electron chi connectivity index (χ0n) is 7.41. The van der Waals surface area contributed by atoms with Gasteiger partial charge in [-0.3, -0.25) is 9.59 Å². The van der Waals surface area contributed by atoms with E-state index in [2.05, 4.69) is 4.99 Å². The van der Waals surface area contributed by atoms with Crippen LogP contribution < -0.4 is 0 Å². The van der Waals surface area contributed by atoms with Gasteiger partial charge in [-0.15, -0.1) is 0 Å². The maximum atomic E-state index is 11.6. The van der Waals surface area contributed by atoms with Crippen molar-refractivity contribution >= 4 is 17.3 Å². The van der Waals surface area contributed by atoms with Crippen LogP contribution in [0.3, 0.4) is 0 Å². The number of ketones is 2. The number of allylic oxidation sites excluding steroid dienone is 4. The summed E-state index contributed by atoms with van der Waals surface area (Å²) in [6.45, 7) is 0. The van der Waals surface area contributed by atoms with Crippen LogP contribution >= 0.6 is 0 Å². The Labute approximate surface area is 80.5 Å². The van der Waals surface area contributed by atoms with Crippen LogP contribution in [0.2, 0.25) is 0 Å². The van der Waals surface area contributed by atoms with Crippen LogP contribution in [0.15, 0.2) is 40.1 Å². The molecule has 0 unspecified atom stereocenters. The van der Waals surface area contributed by atoms with Crippen molar-refractivity contribution in [2.24, 2.45) is 4.99 Å². The van der Waals surface area contributed by atoms with Gasteiger partial charge in [0.2, 0.25) is 0 Å². The number of carbonyl (C=O) groups excluding carboxylic acids is 2. The number of fused-ring (bicyclic) bond motifs is 2. The fourth-order valence-electron chi connectivity index (χ4n) is 1.98. The number of hydrogen-bond acceptors (Lipinski definition) is 3. The van der Waals surface area contributed by atoms with Gasteiger partial charge in [-0.25, -0.2) is 4.99 Å². The van der Waals surface area contributed by atoms with E-state index in [1.807, 2.05) is 18.2 Å². The molecule has 2 aliphatic carbocycles. The molecule has 0 aromatic heterocycles. The minimum Gasteiger partial charge on any atom is -0.294 e. The second-order valence-electron chi connectivity index (χ2n) is 3.51. The van der Waals surface area contributed by atoms with Gasteiger partial charge >= 0.3 is 0 Å². The summed E-state index contributed by atoms with van der Waals surface area (Å²) in [7, 11) is 0. The van der Waals surface area contributed by atoms with Gasteiger partial charge in [-0.05, 0) is 6.08 Å². The van der Waals surface area contributed by atoms with E-state index >= 15 is 0 Å². The van der Waals surface area contributed by atoms with Crippen molar-refractivity contribution in [3.05, 3.63) is 35.1 Å². The molecule has 0 bridgehead atoms. The molecule has 0 aromatic carbocycles. The third-order valence-corrected chi connectivity index (χ3v) is 2.65. The molecule has 3 nitrogen and oxygen atoms in total. The van der Waals surface area contributed by atoms with Gasteiger partial charge in [0.15, 0.2) is 11.6 Å². The summed E-state index contributed by atoms with van der Waals surface area (Å²) in [5.41, 5.74) is 2.52. The second-order valence-corrected chi connectivity index (χ2v) is 3.51. The average molecular weight is 185 g/mol. The highest BCUT2D eigenvalue weighted by Crippen LogP contribution is 2.34. The first-order valence-electron chi connectivity index (χ1n) is 4.56. The molecule has 68 valence electrons. The average Bonchev–Trinajstić information content (AvgIpc) is 2.70. The standard InChI is InChI=1S/C11H7NO2/c13-8-4-5-9(14)11-10(8)6-2-1-3-7(6)12-11/h1-3H,4-5H2. The highest BCUT2D eigenvalue weighted by atomic mass is 16.1. The molecule has 0 radical (unpaired) electrons. The van der Waals surface area contributed by atoms with Crippen LogP contribution in [0.5, 0.6) is 0 Å². The lowest BCUT2D eigenvalue weighted by molar-refractivity contribution is -0.120. The van der Waals surface area contributed by atoms with E-state index in [9.17, 15) is 9.59 Å². The van der Waals surface area contributed by atoms with E-state index in [1.165, 1.54) is 0 Å². The van der Waals surface area contributed by atoms with Gasteiger partial charge in [0.25, 0.3) is 0 Å². The lowest BCUT2D eigenvalue weighted by Crippen LogP contribution is -2.27. The minimum absolute atomic E-state index is 0.00389. The third-order valence-electron chi connectivity index (χ3n) is 2.65. The van der Waals surface area contributed by atoms with E-state index < -0.39 is 0 Å². The number of nitrogens with zero attached hydrogens (tertiary/aromatic N) is 1. The normalized spacial score (nSPS) is 23.7. The van der Waals surface area contributed by atoms with E-state index in [0.29, 0.717) is 24.1 Å². The number of hydrogen-bond donors (Lipinski definition) is 0. The van der Waals surface area contributed by atoms with Gasteiger partial charge in [0.05, 0.1) is 11.3 Å². The SMILES string of the molecule is O=C1CCC(=O)C2=C3C=CC=C3N=C12. The molecule has 0 N–H and O–H groups in total. The summed E-state index contributed by atoms with van der Waals surface area (Å²) >= 11 is 0. The van der Waals surface area contributed by atoms with Crippen LogP contribution in [-0.4, -0.2) is 17.3 Å². The molecule has 0 aromatic rings. The molecule has 1 heterocycles. The zero-order valence-corrected chi connectivity index (χ0v) is 7.41. The number of Topliss-reactive ketones (excluding diaryl/α,β-unsaturated/α-hetero) is 2. The molecule has 3 aliphatic rings. The van der Waals surface area contributed by atoms with E-state index in [-0.39, 0.29) is 11.6 Å². The fourth-order valence-corrected chi connectivity index (χ4v) is 1.98. The Morgan fingerprint density at radius 2 is 1.93 bits per heavy atom. The van der Waals surface area contributed by atoms with Crippen LogP contribution in [-0.2, 0) is 9.59 Å². The Hall–Kier alpha value is -1.77. The molecule has 0 saturated heterocycles. The highest BCUT2D eigenvalue weighted by molar-refractivity contribution is 6.55. The molecule has 0 atom stereocenters. The van der Waals surface area contributed by atoms with Crippen LogP contribution in [0, 0.1) is 0 Å². The largest absolute Gasteiger partial charge is 0.294 e. The summed E-state index contributed by atoms with van der Waals surface area (Å²) in [6, 6.07) is 0. The maximum Gasteiger partial charge on any atom is 0.182 e. The number of carbonyl (C=O) groups is 2. The molecule has 14 heavy (non-hydrogen) atoms. The Morgan fingerprint density at radius 1 is 1.14 bits per heavy atom. The van der Waals surface area contributed by atoms with Crippen molar-refractivity contribution in [3.63, 3.8) is 0 Å². The smallest absolute Gasteiger partial charge is 0.182 e. The highest BCUT2D eigenvalue weighted by Gasteiger charge is 2.35. The molecule has 3 rings (SSSR count). The Morgan fingerprint density at radius 3 is 2.79 bits per heavy atom. The summed E-state index contributed by atoms with van der Waals surface area (Å²) < 4.78 is 0. The topological polar surface area (TPSA) is 46.5 Å². The van der Waals surface area contributed by atoms with Gasteiger partial charge in [-0.1, -0.05) is 12.2 Å². The van der Waals surface area contributed by atoms with Crippen LogP contribution in [0.4, 0.5) is 0 Å².